The second-order valence-electron chi connectivity index (χ2n) is 29.4. The van der Waals surface area contributed by atoms with Gasteiger partial charge in [-0.3, -0.25) is 0 Å². The van der Waals surface area contributed by atoms with Crippen molar-refractivity contribution in [1.82, 2.24) is 0 Å². The van der Waals surface area contributed by atoms with Gasteiger partial charge in [-0.15, -0.1) is 0 Å². The average Bonchev–Trinajstić information content (AvgIpc) is 0.886. The Hall–Kier alpha value is -19.2. The summed E-state index contributed by atoms with van der Waals surface area (Å²) >= 11 is 0. The first-order valence-corrected chi connectivity index (χ1v) is 37.2. The number of rotatable bonds is 6. The van der Waals surface area contributed by atoms with E-state index in [1.165, 1.54) is 0 Å². The first-order chi connectivity index (χ1) is 63.1. The second kappa shape index (κ2) is 31.7. The van der Waals surface area contributed by atoms with Crippen molar-refractivity contribution in [3.8, 4) is 223 Å². The Morgan fingerprint density at radius 1 is 0.231 bits per heavy atom. The standard InChI is InChI=1S/C82H54O52/c83-23-1-14(2-24(84)45(23)93)71(112)133-81-70-68(130-77(118)20-9-30(90)50(98)57(105)39(20)41-22(79(120)132-70)11-32(92)52(100)59(41)107)65-35(126-81)13-123-74(115)17-6-27(87)53(101)60(108)42(17)43-44(80(121)128-65)66(63(111)62(110)61(43)109)124-33-4-15(3-25(85)46(33)94)72(113)134-82-69-67(129-76(117)19-8-29(89)49(97)56(104)38(19)40-21(78(119)131-69)10-31(91)51(99)58(40)106)64-34(125-82)12-122-73(114)16-5-26(86)47(95)54(102)36(16)37-18(75(116)127-64)7-28(88)48(96)55(37)103/h1-11,34-35,64-65,67-70,81-111H,12-13H2/t34-,35-,64-,65-,67+,68+,69-,70-,81+,82+/m1/s1. The fourth-order valence-corrected chi connectivity index (χ4v) is 15.2. The number of cyclic esters (lactones) is 2. The number of aromatic hydroxyl groups is 29. The third-order valence-electron chi connectivity index (χ3n) is 21.6. The molecule has 6 aliphatic rings. The lowest BCUT2D eigenvalue weighted by Crippen LogP contribution is -2.63. The number of hydrogen-bond donors (Lipinski definition) is 29. The molecule has 10 aromatic rings. The predicted molar refractivity (Wildman–Crippen MR) is 413 cm³/mol. The van der Waals surface area contributed by atoms with E-state index in [9.17, 15) is 162 Å². The summed E-state index contributed by atoms with van der Waals surface area (Å²) in [4.78, 5) is 151. The number of phenols is 29. The van der Waals surface area contributed by atoms with Crippen molar-refractivity contribution < 1.29 is 258 Å². The number of carbonyl (C=O) groups excluding carboxylic acids is 10. The second-order valence-corrected chi connectivity index (χ2v) is 29.4. The fourth-order valence-electron chi connectivity index (χ4n) is 15.2. The summed E-state index contributed by atoms with van der Waals surface area (Å²) in [7, 11) is 0. The SMILES string of the molecule is O=C(O[C@@H]1O[C@@H]2COC(=O)c3cc(O)c(O)c(O)c3-c3c(cc(O)c(O)c3O)C(=O)O[C@H]2[C@@H]2OC(=O)c3cc(O)c(O)c(O)c3-c3c(cc(O)c(O)c3O)C(=O)O[C@@H]12)c1cc(O)c(O)c(Oc2c(O)c(O)c(O)c3c2C(=O)O[C@H]2[C@@H]4OC(=O)c5cc(O)c(O)c(O)c5-c5c(cc(O)c(O)c5O)C(=O)O[C@H]4[C@H](OC(=O)c4cc(O)c(O)c(O)c4)O[C@@H]2COC(=O)c2cc(O)c(O)c(O)c2-3)c1. The summed E-state index contributed by atoms with van der Waals surface area (Å²) in [5.41, 5.74) is -24.4. The van der Waals surface area contributed by atoms with E-state index >= 15 is 33.6 Å². The summed E-state index contributed by atoms with van der Waals surface area (Å²) in [6, 6.07) is 3.02. The van der Waals surface area contributed by atoms with Gasteiger partial charge in [-0.1, -0.05) is 0 Å². The number of benzene rings is 10. The Kier molecular flexibility index (Phi) is 20.9. The van der Waals surface area contributed by atoms with Crippen LogP contribution in [0.15, 0.2) is 66.7 Å². The van der Waals surface area contributed by atoms with Gasteiger partial charge >= 0.3 is 59.7 Å². The van der Waals surface area contributed by atoms with Crippen molar-refractivity contribution in [1.29, 1.82) is 0 Å². The van der Waals surface area contributed by atoms with Crippen LogP contribution in [-0.4, -0.2) is 282 Å². The molecule has 0 bridgehead atoms. The molecule has 0 aliphatic carbocycles. The molecule has 52 nitrogen and oxygen atoms in total. The van der Waals surface area contributed by atoms with Gasteiger partial charge in [0.05, 0.1) is 55.6 Å². The fraction of sp³-hybridized carbons (Fsp3) is 0.146. The molecule has 10 atom stereocenters. The minimum atomic E-state index is -3.05. The van der Waals surface area contributed by atoms with E-state index in [0.717, 1.165) is 0 Å². The number of carbonyl (C=O) groups is 10. The third-order valence-corrected chi connectivity index (χ3v) is 21.6. The highest BCUT2D eigenvalue weighted by atomic mass is 16.8. The minimum absolute atomic E-state index is 0.174. The molecule has 694 valence electrons. The Morgan fingerprint density at radius 2 is 0.470 bits per heavy atom. The summed E-state index contributed by atoms with van der Waals surface area (Å²) in [5.74, 6) is -70.3. The first kappa shape index (κ1) is 88.3. The zero-order chi connectivity index (χ0) is 97.2. The van der Waals surface area contributed by atoms with Crippen LogP contribution in [0, 0.1) is 0 Å². The molecular weight excluding hydrogens is 1820 g/mol. The Labute approximate surface area is 734 Å². The molecule has 0 amide bonds. The maximum Gasteiger partial charge on any atom is 0.343 e. The third kappa shape index (κ3) is 13.9. The lowest BCUT2D eigenvalue weighted by Gasteiger charge is -2.44. The zero-order valence-electron chi connectivity index (χ0n) is 65.4. The van der Waals surface area contributed by atoms with Crippen LogP contribution in [0.1, 0.15) is 104 Å². The molecule has 29 N–H and O–H groups in total. The molecule has 52 heteroatoms. The highest BCUT2D eigenvalue weighted by Crippen LogP contribution is 2.62. The maximum absolute atomic E-state index is 16.1. The van der Waals surface area contributed by atoms with Crippen LogP contribution in [0.5, 0.6) is 178 Å². The Balaban J connectivity index is 0.849. The predicted octanol–water partition coefficient (Wildman–Crippen LogP) is 3.69. The highest BCUT2D eigenvalue weighted by Gasteiger charge is 2.59. The number of fused-ring (bicyclic) bond motifs is 18. The molecule has 134 heavy (non-hydrogen) atoms. The van der Waals surface area contributed by atoms with Crippen molar-refractivity contribution in [3.63, 3.8) is 0 Å². The molecule has 0 unspecified atom stereocenters. The van der Waals surface area contributed by atoms with Gasteiger partial charge in [-0.05, 0) is 66.7 Å². The molecule has 2 saturated heterocycles. The summed E-state index contributed by atoms with van der Waals surface area (Å²) < 4.78 is 74.9. The molecule has 0 aromatic heterocycles. The van der Waals surface area contributed by atoms with Crippen molar-refractivity contribution in [2.45, 2.75) is 61.4 Å². The molecule has 0 radical (unpaired) electrons. The molecule has 10 aromatic carbocycles. The molecule has 16 rings (SSSR count). The quantitative estimate of drug-likeness (QED) is 0.0641. The van der Waals surface area contributed by atoms with Crippen LogP contribution in [-0.2, 0) is 56.8 Å². The lowest BCUT2D eigenvalue weighted by atomic mass is 9.90. The zero-order valence-corrected chi connectivity index (χ0v) is 65.4. The number of ether oxygens (including phenoxy) is 13. The van der Waals surface area contributed by atoms with Crippen LogP contribution in [0.25, 0.3) is 44.5 Å². The van der Waals surface area contributed by atoms with Crippen LogP contribution in [0.4, 0.5) is 0 Å². The Morgan fingerprint density at radius 3 is 0.776 bits per heavy atom. The lowest BCUT2D eigenvalue weighted by molar-refractivity contribution is -0.283. The van der Waals surface area contributed by atoms with E-state index in [-0.39, 0.29) is 48.5 Å². The summed E-state index contributed by atoms with van der Waals surface area (Å²) in [6.45, 7) is -3.19. The van der Waals surface area contributed by atoms with Gasteiger partial charge < -0.3 is 210 Å². The van der Waals surface area contributed by atoms with E-state index in [0.29, 0.717) is 18.2 Å². The first-order valence-electron chi connectivity index (χ1n) is 37.2. The molecule has 6 aliphatic heterocycles. The molecule has 6 heterocycles. The molecule has 2 fully saturated rings. The van der Waals surface area contributed by atoms with Gasteiger partial charge in [0.2, 0.25) is 82.3 Å². The number of hydrogen-bond acceptors (Lipinski definition) is 52. The van der Waals surface area contributed by atoms with Gasteiger partial charge in [-0.2, -0.15) is 0 Å². The van der Waals surface area contributed by atoms with E-state index in [1.54, 1.807) is 0 Å². The molecule has 0 saturated carbocycles. The Bertz CT molecular complexity index is 6960. The van der Waals surface area contributed by atoms with Gasteiger partial charge in [0, 0.05) is 38.9 Å². The van der Waals surface area contributed by atoms with Crippen molar-refractivity contribution in [2.24, 2.45) is 0 Å². The molecular formula is C82H54O52. The van der Waals surface area contributed by atoms with Gasteiger partial charge in [0.15, 0.2) is 145 Å². The summed E-state index contributed by atoms with van der Waals surface area (Å²) in [5, 5.41) is 324. The smallest absolute Gasteiger partial charge is 0.343 e. The van der Waals surface area contributed by atoms with Crippen molar-refractivity contribution in [3.05, 3.63) is 122 Å². The number of esters is 10. The van der Waals surface area contributed by atoms with Crippen LogP contribution < -0.4 is 4.74 Å². The minimum Gasteiger partial charge on any atom is -0.504 e. The van der Waals surface area contributed by atoms with E-state index < -0.39 is 413 Å². The molecule has 0 spiro atoms. The average molecular weight is 1870 g/mol. The normalized spacial score (nSPS) is 20.1. The van der Waals surface area contributed by atoms with E-state index in [2.05, 4.69) is 0 Å². The van der Waals surface area contributed by atoms with Crippen LogP contribution in [0.3, 0.4) is 0 Å². The van der Waals surface area contributed by atoms with E-state index in [1.807, 2.05) is 0 Å². The van der Waals surface area contributed by atoms with Crippen LogP contribution in [0.2, 0.25) is 0 Å². The summed E-state index contributed by atoms with van der Waals surface area (Å²) in [6.07, 6.45) is -28.7. The van der Waals surface area contributed by atoms with Crippen LogP contribution >= 0.6 is 0 Å². The van der Waals surface area contributed by atoms with E-state index in [4.69, 9.17) is 61.6 Å². The van der Waals surface area contributed by atoms with Crippen molar-refractivity contribution >= 4 is 59.7 Å². The largest absolute Gasteiger partial charge is 0.504 e. The number of phenolic OH excluding ortho intramolecular Hbond substituents is 29. The van der Waals surface area contributed by atoms with Gasteiger partial charge in [0.1, 0.15) is 31.0 Å². The highest BCUT2D eigenvalue weighted by molar-refractivity contribution is 6.14. The monoisotopic (exact) mass is 1870 g/mol. The van der Waals surface area contributed by atoms with Gasteiger partial charge in [0.25, 0.3) is 0 Å². The van der Waals surface area contributed by atoms with Gasteiger partial charge in [-0.25, -0.2) is 47.9 Å². The van der Waals surface area contributed by atoms with Crippen molar-refractivity contribution in [2.75, 3.05) is 13.2 Å². The maximum atomic E-state index is 16.1. The topological polar surface area (TPSA) is 877 Å².